The fraction of sp³-hybridized carbons (Fsp3) is 0.704. The monoisotopic (exact) mass is 977 g/mol. The van der Waals surface area contributed by atoms with Crippen molar-refractivity contribution in [2.45, 2.75) is 216 Å². The summed E-state index contributed by atoms with van der Waals surface area (Å²) in [7, 11) is 0. The first kappa shape index (κ1) is 61.8. The van der Waals surface area contributed by atoms with Crippen molar-refractivity contribution in [1.29, 1.82) is 0 Å². The van der Waals surface area contributed by atoms with Gasteiger partial charge < -0.3 is 64.2 Å². The van der Waals surface area contributed by atoms with Crippen LogP contribution in [0.25, 0.3) is 0 Å². The summed E-state index contributed by atoms with van der Waals surface area (Å²) in [4.78, 5) is 25.7. The van der Waals surface area contributed by atoms with Gasteiger partial charge in [-0.3, -0.25) is 9.59 Å². The first-order valence-corrected chi connectivity index (χ1v) is 25.7. The summed E-state index contributed by atoms with van der Waals surface area (Å²) in [5.74, 6) is -1.05. The van der Waals surface area contributed by atoms with E-state index in [9.17, 15) is 45.3 Å². The largest absolute Gasteiger partial charge is 0.462 e. The Kier molecular flexibility index (Phi) is 36.1. The van der Waals surface area contributed by atoms with E-state index >= 15 is 0 Å². The molecule has 2 aliphatic rings. The molecule has 394 valence electrons. The Morgan fingerprint density at radius 2 is 0.913 bits per heavy atom. The molecule has 69 heavy (non-hydrogen) atoms. The zero-order chi connectivity index (χ0) is 50.3. The van der Waals surface area contributed by atoms with E-state index in [-0.39, 0.29) is 19.4 Å². The van der Waals surface area contributed by atoms with E-state index in [1.54, 1.807) is 0 Å². The number of aliphatic hydroxyl groups excluding tert-OH is 7. The van der Waals surface area contributed by atoms with Gasteiger partial charge in [-0.1, -0.05) is 144 Å². The van der Waals surface area contributed by atoms with Gasteiger partial charge in [0.05, 0.1) is 19.8 Å². The van der Waals surface area contributed by atoms with Gasteiger partial charge in [0.1, 0.15) is 55.4 Å². The lowest BCUT2D eigenvalue weighted by atomic mass is 9.98. The van der Waals surface area contributed by atoms with Crippen LogP contribution in [0.5, 0.6) is 0 Å². The molecule has 2 aliphatic heterocycles. The van der Waals surface area contributed by atoms with Crippen LogP contribution in [0.4, 0.5) is 0 Å². The molecule has 0 aromatic heterocycles. The van der Waals surface area contributed by atoms with Crippen LogP contribution in [0.15, 0.2) is 85.1 Å². The molecule has 4 unspecified atom stereocenters. The Balaban J connectivity index is 1.85. The Hall–Kier alpha value is -3.32. The van der Waals surface area contributed by atoms with E-state index in [2.05, 4.69) is 86.8 Å². The molecule has 11 atom stereocenters. The van der Waals surface area contributed by atoms with Crippen LogP contribution in [-0.2, 0) is 38.0 Å². The van der Waals surface area contributed by atoms with Gasteiger partial charge in [0.2, 0.25) is 0 Å². The minimum absolute atomic E-state index is 0.0865. The molecular weight excluding hydrogens is 889 g/mol. The Morgan fingerprint density at radius 1 is 0.464 bits per heavy atom. The molecular formula is C54H88O15. The number of hydrogen-bond donors (Lipinski definition) is 7. The second-order valence-electron chi connectivity index (χ2n) is 17.6. The van der Waals surface area contributed by atoms with Gasteiger partial charge in [-0.2, -0.15) is 0 Å². The molecule has 15 nitrogen and oxygen atoms in total. The number of aliphatic hydroxyl groups is 7. The van der Waals surface area contributed by atoms with Crippen LogP contribution in [0, 0.1) is 0 Å². The van der Waals surface area contributed by atoms with E-state index in [1.165, 1.54) is 32.1 Å². The SMILES string of the molecule is CCCC/C=C/C/C=C/CCCCCCCC(=O)O[C@@H](COC(=O)CC/C=C/C/C=C/C/C=C/C/C=C/C/C=C/CCCCC)CO[C@@H]1O[C@H](CO[C@@H]2O[C@H](CO)[C@H](O)C(O)C2O)[C@H](O)C(O)C1O. The quantitative estimate of drug-likeness (QED) is 0.0184. The van der Waals surface area contributed by atoms with Crippen molar-refractivity contribution in [3.05, 3.63) is 85.1 Å². The Labute approximate surface area is 412 Å². The number of unbranched alkanes of at least 4 members (excludes halogenated alkanes) is 10. The average molecular weight is 977 g/mol. The molecule has 0 bridgehead atoms. The Morgan fingerprint density at radius 3 is 1.46 bits per heavy atom. The van der Waals surface area contributed by atoms with Crippen LogP contribution in [-0.4, -0.2) is 142 Å². The maximum Gasteiger partial charge on any atom is 0.306 e. The van der Waals surface area contributed by atoms with Crippen LogP contribution < -0.4 is 0 Å². The zero-order valence-corrected chi connectivity index (χ0v) is 41.5. The molecule has 0 aromatic rings. The van der Waals surface area contributed by atoms with Gasteiger partial charge in [0, 0.05) is 12.8 Å². The first-order chi connectivity index (χ1) is 33.5. The van der Waals surface area contributed by atoms with Gasteiger partial charge in [-0.05, 0) is 77.0 Å². The molecule has 0 radical (unpaired) electrons. The van der Waals surface area contributed by atoms with Gasteiger partial charge in [0.25, 0.3) is 0 Å². The summed E-state index contributed by atoms with van der Waals surface area (Å²) in [6.07, 6.45) is 31.9. The molecule has 0 spiro atoms. The van der Waals surface area contributed by atoms with E-state index in [4.69, 9.17) is 28.4 Å². The molecule has 2 rings (SSSR count). The second-order valence-corrected chi connectivity index (χ2v) is 17.6. The lowest BCUT2D eigenvalue weighted by Gasteiger charge is -2.42. The number of allylic oxidation sites excluding steroid dienone is 14. The molecule has 0 saturated carbocycles. The zero-order valence-electron chi connectivity index (χ0n) is 41.5. The van der Waals surface area contributed by atoms with Crippen molar-refractivity contribution in [3.8, 4) is 0 Å². The van der Waals surface area contributed by atoms with Gasteiger partial charge in [-0.25, -0.2) is 0 Å². The van der Waals surface area contributed by atoms with Crippen molar-refractivity contribution in [1.82, 2.24) is 0 Å². The highest BCUT2D eigenvalue weighted by Gasteiger charge is 2.47. The van der Waals surface area contributed by atoms with Crippen LogP contribution in [0.1, 0.15) is 149 Å². The summed E-state index contributed by atoms with van der Waals surface area (Å²) >= 11 is 0. The first-order valence-electron chi connectivity index (χ1n) is 25.7. The average Bonchev–Trinajstić information content (AvgIpc) is 3.34. The molecule has 15 heteroatoms. The molecule has 0 aromatic carbocycles. The third-order valence-electron chi connectivity index (χ3n) is 11.6. The smallest absolute Gasteiger partial charge is 0.306 e. The van der Waals surface area contributed by atoms with E-state index in [0.717, 1.165) is 77.0 Å². The van der Waals surface area contributed by atoms with Crippen LogP contribution >= 0.6 is 0 Å². The molecule has 2 saturated heterocycles. The van der Waals surface area contributed by atoms with Crippen molar-refractivity contribution in [3.63, 3.8) is 0 Å². The third-order valence-corrected chi connectivity index (χ3v) is 11.6. The maximum absolute atomic E-state index is 13.0. The Bertz CT molecular complexity index is 1520. The number of ether oxygens (including phenoxy) is 6. The van der Waals surface area contributed by atoms with Gasteiger partial charge in [0.15, 0.2) is 18.7 Å². The highest BCUT2D eigenvalue weighted by molar-refractivity contribution is 5.70. The molecule has 7 N–H and O–H groups in total. The van der Waals surface area contributed by atoms with Crippen molar-refractivity contribution < 1.29 is 73.8 Å². The number of carbonyl (C=O) groups excluding carboxylic acids is 2. The van der Waals surface area contributed by atoms with Gasteiger partial charge >= 0.3 is 11.9 Å². The van der Waals surface area contributed by atoms with Gasteiger partial charge in [-0.15, -0.1) is 0 Å². The number of carbonyl (C=O) groups is 2. The normalized spacial score (nSPS) is 26.3. The maximum atomic E-state index is 13.0. The van der Waals surface area contributed by atoms with Crippen molar-refractivity contribution in [2.75, 3.05) is 26.4 Å². The number of hydrogen-bond acceptors (Lipinski definition) is 15. The van der Waals surface area contributed by atoms with Crippen LogP contribution in [0.3, 0.4) is 0 Å². The fourth-order valence-corrected chi connectivity index (χ4v) is 7.33. The van der Waals surface area contributed by atoms with E-state index in [1.807, 2.05) is 12.2 Å². The molecule has 2 heterocycles. The minimum atomic E-state index is -1.78. The second kappa shape index (κ2) is 40.3. The number of esters is 2. The third kappa shape index (κ3) is 28.3. The van der Waals surface area contributed by atoms with Crippen molar-refractivity contribution in [2.24, 2.45) is 0 Å². The predicted octanol–water partition coefficient (Wildman–Crippen LogP) is 7.21. The predicted molar refractivity (Wildman–Crippen MR) is 265 cm³/mol. The van der Waals surface area contributed by atoms with E-state index < -0.39 is 99.3 Å². The summed E-state index contributed by atoms with van der Waals surface area (Å²) in [6, 6.07) is 0. The lowest BCUT2D eigenvalue weighted by Crippen LogP contribution is -2.61. The van der Waals surface area contributed by atoms with E-state index in [0.29, 0.717) is 12.8 Å². The number of rotatable bonds is 38. The topological polar surface area (TPSA) is 231 Å². The highest BCUT2D eigenvalue weighted by Crippen LogP contribution is 2.26. The highest BCUT2D eigenvalue weighted by atomic mass is 16.7. The van der Waals surface area contributed by atoms with Crippen molar-refractivity contribution >= 4 is 11.9 Å². The molecule has 0 amide bonds. The fourth-order valence-electron chi connectivity index (χ4n) is 7.33. The molecule has 0 aliphatic carbocycles. The summed E-state index contributed by atoms with van der Waals surface area (Å²) in [5, 5.41) is 72.1. The minimum Gasteiger partial charge on any atom is -0.462 e. The standard InChI is InChI=1S/C54H88O15/c1-3-5-7-9-11-13-15-17-19-20-21-22-23-25-26-28-30-32-34-36-45(56)64-39-42(67-46(57)37-35-33-31-29-27-24-18-16-14-12-10-8-6-4-2)40-65-53-52(63)50(61)48(59)44(69-53)41-66-54-51(62)49(60)47(58)43(38-55)68-54/h10-13,16-19,21-22,25-26,30,32,42-44,47-55,58-63H,3-9,14-15,20,23-24,27-29,31,33-41H2,1-2H3/b12-10+,13-11+,18-16+,19-17+,22-21+,26-25+,32-30+/t42-,43+,44+,47-,48-,49?,50?,51?,52?,53+,54+/m0/s1. The van der Waals surface area contributed by atoms with Crippen LogP contribution in [0.2, 0.25) is 0 Å². The summed E-state index contributed by atoms with van der Waals surface area (Å²) in [5.41, 5.74) is 0. The summed E-state index contributed by atoms with van der Waals surface area (Å²) in [6.45, 7) is 2.40. The molecule has 2 fully saturated rings. The summed E-state index contributed by atoms with van der Waals surface area (Å²) < 4.78 is 33.4. The lowest BCUT2D eigenvalue weighted by molar-refractivity contribution is -0.332.